The van der Waals surface area contributed by atoms with Crippen LogP contribution in [0.5, 0.6) is 5.75 Å². The lowest BCUT2D eigenvalue weighted by Crippen LogP contribution is -2.48. The average Bonchev–Trinajstić information content (AvgIpc) is 3.07. The first-order chi connectivity index (χ1) is 18.3. The van der Waals surface area contributed by atoms with Gasteiger partial charge in [0, 0.05) is 18.2 Å². The van der Waals surface area contributed by atoms with Crippen molar-refractivity contribution in [3.05, 3.63) is 47.5 Å². The Morgan fingerprint density at radius 1 is 0.846 bits per heavy atom. The van der Waals surface area contributed by atoms with Gasteiger partial charge in [0.25, 0.3) is 0 Å². The molecule has 1 heterocycles. The maximum atomic E-state index is 6.62. The van der Waals surface area contributed by atoms with Crippen LogP contribution in [-0.2, 0) is 24.9 Å². The molecule has 0 unspecified atom stereocenters. The molecule has 4 bridgehead atoms. The van der Waals surface area contributed by atoms with Crippen molar-refractivity contribution in [1.82, 2.24) is 0 Å². The Balaban J connectivity index is 1.55. The van der Waals surface area contributed by atoms with E-state index in [2.05, 4.69) is 84.9 Å². The van der Waals surface area contributed by atoms with Crippen molar-refractivity contribution in [3.63, 3.8) is 0 Å². The van der Waals surface area contributed by atoms with Gasteiger partial charge in [0.15, 0.2) is 6.79 Å². The fraction of sp³-hybridized carbons (Fsp3) is 0.647. The molecule has 0 radical (unpaired) electrons. The molecule has 1 aliphatic heterocycles. The molecule has 2 aromatic rings. The van der Waals surface area contributed by atoms with Gasteiger partial charge in [0.2, 0.25) is 0 Å². The molecule has 1 saturated heterocycles. The Labute approximate surface area is 236 Å². The van der Waals surface area contributed by atoms with E-state index in [1.54, 1.807) is 7.11 Å². The van der Waals surface area contributed by atoms with Crippen LogP contribution in [0.1, 0.15) is 98.1 Å². The maximum absolute atomic E-state index is 6.62. The van der Waals surface area contributed by atoms with Crippen molar-refractivity contribution >= 4 is 12.6 Å². The molecule has 0 atom stereocenters. The number of hydrogen-bond donors (Lipinski definition) is 0. The van der Waals surface area contributed by atoms with Gasteiger partial charge in [-0.3, -0.25) is 0 Å². The first kappa shape index (κ1) is 27.4. The number of methoxy groups -OCH3 is 1. The van der Waals surface area contributed by atoms with Crippen molar-refractivity contribution in [2.24, 2.45) is 17.8 Å². The van der Waals surface area contributed by atoms with Crippen molar-refractivity contribution < 1.29 is 18.8 Å². The predicted molar refractivity (Wildman–Crippen MR) is 159 cm³/mol. The van der Waals surface area contributed by atoms with Gasteiger partial charge in [-0.15, -0.1) is 0 Å². The number of hydrogen-bond acceptors (Lipinski definition) is 4. The smallest absolute Gasteiger partial charge is 0.467 e. The topological polar surface area (TPSA) is 36.9 Å². The summed E-state index contributed by atoms with van der Waals surface area (Å²) in [6.07, 6.45) is 8.12. The van der Waals surface area contributed by atoms with Crippen LogP contribution in [0, 0.1) is 17.8 Å². The Bertz CT molecular complexity index is 1190. The zero-order chi connectivity index (χ0) is 27.8. The van der Waals surface area contributed by atoms with Gasteiger partial charge in [-0.2, -0.15) is 0 Å². The van der Waals surface area contributed by atoms with Gasteiger partial charge in [-0.1, -0.05) is 51.1 Å². The molecular weight excluding hydrogens is 483 g/mol. The lowest BCUT2D eigenvalue weighted by molar-refractivity contribution is -0.00881. The van der Waals surface area contributed by atoms with Gasteiger partial charge in [-0.05, 0) is 117 Å². The lowest BCUT2D eigenvalue weighted by Gasteiger charge is -2.57. The molecule has 4 nitrogen and oxygen atoms in total. The quantitative estimate of drug-likeness (QED) is 0.288. The minimum absolute atomic E-state index is 0.00483. The van der Waals surface area contributed by atoms with E-state index in [4.69, 9.17) is 18.8 Å². The van der Waals surface area contributed by atoms with E-state index in [1.165, 1.54) is 49.7 Å². The molecule has 39 heavy (non-hydrogen) atoms. The van der Waals surface area contributed by atoms with Crippen LogP contribution in [0.15, 0.2) is 36.4 Å². The highest BCUT2D eigenvalue weighted by atomic mass is 16.7. The molecule has 0 spiro atoms. The number of benzene rings is 2. The van der Waals surface area contributed by atoms with Crippen molar-refractivity contribution in [3.8, 4) is 16.9 Å². The standard InChI is InChI=1S/C34H47BO4/c1-31(2,3)25-16-27(26-11-9-10-12-29(26)35-38-32(4,5)33(6,7)39-35)30(37-21-36-8)28(17-25)34-18-22-13-23(19-34)15-24(14-22)20-34/h9-12,16-17,22-24H,13-15,18-21H2,1-8H3. The van der Waals surface area contributed by atoms with Crippen LogP contribution in [0.4, 0.5) is 0 Å². The molecule has 4 saturated carbocycles. The predicted octanol–water partition coefficient (Wildman–Crippen LogP) is 7.40. The van der Waals surface area contributed by atoms with Gasteiger partial charge in [0.1, 0.15) is 5.75 Å². The average molecular weight is 531 g/mol. The molecule has 5 heteroatoms. The molecule has 0 N–H and O–H groups in total. The summed E-state index contributed by atoms with van der Waals surface area (Å²) in [6, 6.07) is 13.4. The van der Waals surface area contributed by atoms with Crippen molar-refractivity contribution in [1.29, 1.82) is 0 Å². The van der Waals surface area contributed by atoms with Gasteiger partial charge in [-0.25, -0.2) is 0 Å². The summed E-state index contributed by atoms with van der Waals surface area (Å²) in [5.74, 6) is 3.55. The summed E-state index contributed by atoms with van der Waals surface area (Å²) in [5, 5.41) is 0. The Hall–Kier alpha value is -1.82. The molecule has 7 rings (SSSR count). The molecule has 210 valence electrons. The Morgan fingerprint density at radius 3 is 1.95 bits per heavy atom. The van der Waals surface area contributed by atoms with E-state index in [0.29, 0.717) is 0 Å². The first-order valence-corrected chi connectivity index (χ1v) is 15.1. The largest absolute Gasteiger partial charge is 0.495 e. The lowest BCUT2D eigenvalue weighted by atomic mass is 9.47. The number of rotatable bonds is 6. The Morgan fingerprint density at radius 2 is 1.41 bits per heavy atom. The highest BCUT2D eigenvalue weighted by molar-refractivity contribution is 6.64. The van der Waals surface area contributed by atoms with E-state index in [9.17, 15) is 0 Å². The second kappa shape index (κ2) is 9.36. The third kappa shape index (κ3) is 4.67. The van der Waals surface area contributed by atoms with Crippen LogP contribution >= 0.6 is 0 Å². The molecule has 2 aromatic carbocycles. The van der Waals surface area contributed by atoms with Crippen LogP contribution in [0.25, 0.3) is 11.1 Å². The minimum atomic E-state index is -0.442. The van der Waals surface area contributed by atoms with E-state index >= 15 is 0 Å². The molecular formula is C34H47BO4. The van der Waals surface area contributed by atoms with Gasteiger partial charge >= 0.3 is 7.12 Å². The summed E-state index contributed by atoms with van der Waals surface area (Å²) in [7, 11) is 1.27. The van der Waals surface area contributed by atoms with Crippen LogP contribution in [0.2, 0.25) is 0 Å². The molecule has 0 amide bonds. The third-order valence-electron chi connectivity index (χ3n) is 10.6. The van der Waals surface area contributed by atoms with Crippen LogP contribution in [0.3, 0.4) is 0 Å². The second-order valence-electron chi connectivity index (χ2n) is 15.1. The van der Waals surface area contributed by atoms with E-state index < -0.39 is 18.3 Å². The zero-order valence-corrected chi connectivity index (χ0v) is 25.4. The van der Waals surface area contributed by atoms with E-state index in [0.717, 1.165) is 40.1 Å². The highest BCUT2D eigenvalue weighted by Gasteiger charge is 2.54. The maximum Gasteiger partial charge on any atom is 0.495 e. The SMILES string of the molecule is COCOc1c(-c2ccccc2B2OC(C)(C)C(C)(C)O2)cc(C(C)(C)C)cc1C12CC3CC(CC(C3)C1)C2. The van der Waals surface area contributed by atoms with Crippen molar-refractivity contribution in [2.45, 2.75) is 109 Å². The summed E-state index contributed by atoms with van der Waals surface area (Å²) in [4.78, 5) is 0. The zero-order valence-electron chi connectivity index (χ0n) is 25.4. The fourth-order valence-corrected chi connectivity index (χ4v) is 8.29. The van der Waals surface area contributed by atoms with Crippen LogP contribution in [-0.4, -0.2) is 32.2 Å². The summed E-state index contributed by atoms with van der Waals surface area (Å²) >= 11 is 0. The monoisotopic (exact) mass is 530 g/mol. The molecule has 5 aliphatic rings. The number of ether oxygens (including phenoxy) is 2. The van der Waals surface area contributed by atoms with Gasteiger partial charge < -0.3 is 18.8 Å². The van der Waals surface area contributed by atoms with Crippen molar-refractivity contribution in [2.75, 3.05) is 13.9 Å². The summed E-state index contributed by atoms with van der Waals surface area (Å²) in [6.45, 7) is 15.7. The molecule has 0 aromatic heterocycles. The normalized spacial score (nSPS) is 30.7. The highest BCUT2D eigenvalue weighted by Crippen LogP contribution is 2.63. The van der Waals surface area contributed by atoms with E-state index in [-0.39, 0.29) is 17.6 Å². The minimum Gasteiger partial charge on any atom is -0.467 e. The van der Waals surface area contributed by atoms with Crippen LogP contribution < -0.4 is 10.2 Å². The molecule has 5 fully saturated rings. The van der Waals surface area contributed by atoms with Gasteiger partial charge in [0.05, 0.1) is 11.2 Å². The second-order valence-corrected chi connectivity index (χ2v) is 15.1. The summed E-state index contributed by atoms with van der Waals surface area (Å²) < 4.78 is 25.3. The summed E-state index contributed by atoms with van der Waals surface area (Å²) in [5.41, 5.74) is 5.46. The van der Waals surface area contributed by atoms with E-state index in [1.807, 2.05) is 0 Å². The first-order valence-electron chi connectivity index (χ1n) is 15.1. The fourth-order valence-electron chi connectivity index (χ4n) is 8.29. The Kier molecular flexibility index (Phi) is 6.57. The third-order valence-corrected chi connectivity index (χ3v) is 10.6. The molecule has 4 aliphatic carbocycles.